The first kappa shape index (κ1) is 26.0. The number of anilines is 1. The lowest BCUT2D eigenvalue weighted by Crippen LogP contribution is -2.48. The molecule has 5 rings (SSSR count). The van der Waals surface area contributed by atoms with E-state index in [-0.39, 0.29) is 31.8 Å². The second-order valence-electron chi connectivity index (χ2n) is 8.57. The molecule has 3 aromatic rings. The number of fused-ring (bicyclic) bond motifs is 1. The summed E-state index contributed by atoms with van der Waals surface area (Å²) in [6.45, 7) is 0.751. The molecule has 0 aliphatic carbocycles. The van der Waals surface area contributed by atoms with Gasteiger partial charge in [-0.3, -0.25) is 9.59 Å². The molecule has 1 atom stereocenters. The number of carbonyl (C=O) groups is 2. The second kappa shape index (κ2) is 11.3. The van der Waals surface area contributed by atoms with Crippen LogP contribution in [-0.4, -0.2) is 77.7 Å². The number of hydrogen-bond donors (Lipinski definition) is 2. The molecule has 37 heavy (non-hydrogen) atoms. The van der Waals surface area contributed by atoms with Gasteiger partial charge in [-0.05, 0) is 42.9 Å². The Hall–Kier alpha value is -4.11. The largest absolute Gasteiger partial charge is 0.489 e. The van der Waals surface area contributed by atoms with Gasteiger partial charge >= 0.3 is 0 Å². The number of aromatic nitrogens is 3. The zero-order valence-electron chi connectivity index (χ0n) is 20.3. The van der Waals surface area contributed by atoms with E-state index in [0.717, 1.165) is 10.2 Å². The van der Waals surface area contributed by atoms with Crippen LogP contribution in [0.15, 0.2) is 48.8 Å². The zero-order chi connectivity index (χ0) is 26.4. The summed E-state index contributed by atoms with van der Waals surface area (Å²) in [6.07, 6.45) is 4.20. The minimum atomic E-state index is -1.05. The number of nitrogens with one attached hydrogen (secondary N) is 1. The number of carbonyl (C=O) groups excluding carboxylic acids is 2. The van der Waals surface area contributed by atoms with Crippen LogP contribution in [0.5, 0.6) is 5.75 Å². The number of rotatable bonds is 4. The zero-order valence-corrected chi connectivity index (χ0v) is 20.3. The van der Waals surface area contributed by atoms with Crippen LogP contribution in [0.4, 0.5) is 10.1 Å². The average Bonchev–Trinajstić information content (AvgIpc) is 3.29. The van der Waals surface area contributed by atoms with Crippen molar-refractivity contribution in [2.24, 2.45) is 0 Å². The van der Waals surface area contributed by atoms with Crippen molar-refractivity contribution in [3.63, 3.8) is 0 Å². The predicted octanol–water partition coefficient (Wildman–Crippen LogP) is 0.789. The first-order chi connectivity index (χ1) is 17.8. The summed E-state index contributed by atoms with van der Waals surface area (Å²) in [6, 6.07) is 9.64. The Morgan fingerprint density at radius 3 is 2.78 bits per heavy atom. The molecule has 2 aliphatic heterocycles. The summed E-state index contributed by atoms with van der Waals surface area (Å²) in [5.74, 6) is 5.81. The number of amides is 1. The molecule has 0 saturated carbocycles. The van der Waals surface area contributed by atoms with E-state index < -0.39 is 11.5 Å². The van der Waals surface area contributed by atoms with Gasteiger partial charge in [0.2, 0.25) is 18.3 Å². The Bertz CT molecular complexity index is 1340. The minimum absolute atomic E-state index is 0.0580. The summed E-state index contributed by atoms with van der Waals surface area (Å²) < 4.78 is 24.6. The monoisotopic (exact) mass is 507 g/mol. The highest BCUT2D eigenvalue weighted by molar-refractivity contribution is 5.99. The van der Waals surface area contributed by atoms with E-state index >= 15 is 0 Å². The Labute approximate surface area is 213 Å². The molecule has 2 aromatic heterocycles. The van der Waals surface area contributed by atoms with E-state index in [9.17, 15) is 19.1 Å². The van der Waals surface area contributed by atoms with Gasteiger partial charge in [-0.15, -0.1) is 0 Å². The third kappa shape index (κ3) is 6.37. The van der Waals surface area contributed by atoms with Crippen LogP contribution in [0.3, 0.4) is 0 Å². The lowest BCUT2D eigenvalue weighted by molar-refractivity contribution is -0.140. The van der Waals surface area contributed by atoms with Crippen LogP contribution >= 0.6 is 0 Å². The van der Waals surface area contributed by atoms with E-state index in [2.05, 4.69) is 27.2 Å². The normalized spacial score (nSPS) is 17.6. The second-order valence-corrected chi connectivity index (χ2v) is 8.57. The molecule has 0 spiro atoms. The highest BCUT2D eigenvalue weighted by atomic mass is 19.1. The van der Waals surface area contributed by atoms with Gasteiger partial charge in [0.25, 0.3) is 0 Å². The summed E-state index contributed by atoms with van der Waals surface area (Å²) >= 11 is 0. The number of aliphatic hydroxyl groups is 1. The van der Waals surface area contributed by atoms with Crippen LogP contribution in [0.1, 0.15) is 16.8 Å². The minimum Gasteiger partial charge on any atom is -0.489 e. The van der Waals surface area contributed by atoms with Gasteiger partial charge in [0.05, 0.1) is 25.1 Å². The molecule has 2 N–H and O–H groups in total. The molecule has 0 bridgehead atoms. The van der Waals surface area contributed by atoms with E-state index in [1.54, 1.807) is 55.7 Å². The van der Waals surface area contributed by atoms with E-state index in [4.69, 9.17) is 9.47 Å². The van der Waals surface area contributed by atoms with Gasteiger partial charge in [-0.2, -0.15) is 9.49 Å². The molecule has 1 aromatic carbocycles. The van der Waals surface area contributed by atoms with E-state index in [0.29, 0.717) is 35.5 Å². The van der Waals surface area contributed by atoms with Crippen LogP contribution < -0.4 is 15.0 Å². The lowest BCUT2D eigenvalue weighted by Gasteiger charge is -2.30. The van der Waals surface area contributed by atoms with E-state index in [1.807, 2.05) is 6.07 Å². The molecule has 1 fully saturated rings. The molecule has 1 amide bonds. The van der Waals surface area contributed by atoms with Crippen molar-refractivity contribution < 1.29 is 28.6 Å². The smallest absolute Gasteiger partial charge is 0.247 e. The predicted molar refractivity (Wildman–Crippen MR) is 132 cm³/mol. The average molecular weight is 508 g/mol. The number of halogens is 1. The van der Waals surface area contributed by atoms with Crippen LogP contribution in [-0.2, 0) is 20.7 Å². The molecule has 0 radical (unpaired) electrons. The number of likely N-dealkylation sites (N-methyl/N-ethyl adjacent to an activating group) is 2. The fourth-order valence-electron chi connectivity index (χ4n) is 3.62. The first-order valence-electron chi connectivity index (χ1n) is 11.4. The Kier molecular flexibility index (Phi) is 7.93. The number of benzene rings is 1. The van der Waals surface area contributed by atoms with Gasteiger partial charge in [0, 0.05) is 30.9 Å². The highest BCUT2D eigenvalue weighted by Gasteiger charge is 2.34. The van der Waals surface area contributed by atoms with Crippen LogP contribution in [0.2, 0.25) is 0 Å². The summed E-state index contributed by atoms with van der Waals surface area (Å²) in [7, 11) is 3.44. The topological polar surface area (TPSA) is 119 Å². The van der Waals surface area contributed by atoms with Crippen LogP contribution in [0.25, 0.3) is 0 Å². The maximum absolute atomic E-state index is 12.8. The number of ether oxygens (including phenoxy) is 2. The fraction of sp³-hybridized carbons (Fsp3) is 0.308. The molecule has 1 saturated heterocycles. The van der Waals surface area contributed by atoms with Crippen molar-refractivity contribution in [1.29, 1.82) is 0 Å². The molecular weight excluding hydrogens is 481 g/mol. The molecule has 10 nitrogen and oxygen atoms in total. The van der Waals surface area contributed by atoms with Crippen LogP contribution in [0, 0.1) is 17.8 Å². The maximum atomic E-state index is 12.8. The van der Waals surface area contributed by atoms with Gasteiger partial charge in [-0.25, -0.2) is 9.67 Å². The molecule has 1 unspecified atom stereocenters. The third-order valence-corrected chi connectivity index (χ3v) is 5.75. The third-order valence-electron chi connectivity index (χ3n) is 5.75. The number of pyridine rings is 1. The standard InChI is InChI=1S/C16H18N2O4.C10H8FN3O/c1-17-12-8-22-14-4-3-11(5-6-16(20)9-21-10-16)7-13(14)18(2)15(12)19;11-10-3-1-2-9(13-10)4-8-5-12-14(6-8)7-15/h3-4,7,12,17,20H,8-10H2,1-2H3;1-3,5-7H,4H2. The molecule has 11 heteroatoms. The van der Waals surface area contributed by atoms with Gasteiger partial charge in [0.15, 0.2) is 5.60 Å². The highest BCUT2D eigenvalue weighted by Crippen LogP contribution is 2.31. The quantitative estimate of drug-likeness (QED) is 0.302. The van der Waals surface area contributed by atoms with Crippen molar-refractivity contribution in [2.75, 3.05) is 38.8 Å². The number of hydrogen-bond acceptors (Lipinski definition) is 8. The fourth-order valence-corrected chi connectivity index (χ4v) is 3.62. The number of nitrogens with zero attached hydrogens (tertiary/aromatic N) is 4. The molecule has 4 heterocycles. The Morgan fingerprint density at radius 1 is 1.32 bits per heavy atom. The van der Waals surface area contributed by atoms with Crippen molar-refractivity contribution in [2.45, 2.75) is 18.1 Å². The molecule has 2 aliphatic rings. The van der Waals surface area contributed by atoms with Crippen molar-refractivity contribution >= 4 is 18.0 Å². The van der Waals surface area contributed by atoms with Gasteiger partial charge in [0.1, 0.15) is 18.4 Å². The van der Waals surface area contributed by atoms with Gasteiger partial charge in [-0.1, -0.05) is 17.9 Å². The Morgan fingerprint density at radius 2 is 2.14 bits per heavy atom. The summed E-state index contributed by atoms with van der Waals surface area (Å²) in [5.41, 5.74) is 1.76. The SMILES string of the molecule is CNC1COc2ccc(C#CC3(O)COC3)cc2N(C)C1=O.O=Cn1cc(Cc2cccc(F)n2)cn1. The van der Waals surface area contributed by atoms with Crippen molar-refractivity contribution in [3.8, 4) is 17.6 Å². The van der Waals surface area contributed by atoms with Crippen molar-refractivity contribution in [1.82, 2.24) is 20.1 Å². The van der Waals surface area contributed by atoms with Crippen molar-refractivity contribution in [3.05, 3.63) is 71.6 Å². The molecular formula is C26H26FN5O5. The maximum Gasteiger partial charge on any atom is 0.247 e. The van der Waals surface area contributed by atoms with E-state index in [1.165, 1.54) is 6.07 Å². The summed E-state index contributed by atoms with van der Waals surface area (Å²) in [5, 5.41) is 16.6. The lowest BCUT2D eigenvalue weighted by atomic mass is 10.0. The first-order valence-corrected chi connectivity index (χ1v) is 11.4. The molecule has 192 valence electrons. The summed E-state index contributed by atoms with van der Waals surface area (Å²) in [4.78, 5) is 27.9. The Balaban J connectivity index is 0.000000186. The van der Waals surface area contributed by atoms with Gasteiger partial charge < -0.3 is 24.8 Å².